The van der Waals surface area contributed by atoms with Crippen molar-refractivity contribution in [3.8, 4) is 0 Å². The summed E-state index contributed by atoms with van der Waals surface area (Å²) in [4.78, 5) is 22.7. The molecule has 0 amide bonds. The van der Waals surface area contributed by atoms with E-state index < -0.39 is 17.9 Å². The van der Waals surface area contributed by atoms with Gasteiger partial charge in [-0.15, -0.1) is 0 Å². The molecule has 1 atom stereocenters. The fourth-order valence-corrected chi connectivity index (χ4v) is 1.56. The van der Waals surface area contributed by atoms with Crippen LogP contribution in [0.5, 0.6) is 0 Å². The molecule has 16 heavy (non-hydrogen) atoms. The maximum Gasteiger partial charge on any atom is 0.308 e. The molecule has 0 radical (unpaired) electrons. The van der Waals surface area contributed by atoms with Crippen LogP contribution in [0.3, 0.4) is 0 Å². The van der Waals surface area contributed by atoms with Crippen molar-refractivity contribution in [1.82, 2.24) is 0 Å². The maximum atomic E-state index is 11.4. The number of carbonyl (C=O) groups excluding carboxylic acids is 2. The highest BCUT2D eigenvalue weighted by molar-refractivity contribution is 5.71. The van der Waals surface area contributed by atoms with E-state index in [0.717, 1.165) is 0 Å². The lowest BCUT2D eigenvalue weighted by Crippen LogP contribution is -2.62. The van der Waals surface area contributed by atoms with Crippen LogP contribution in [-0.2, 0) is 19.1 Å². The number of hydrogen-bond donors (Lipinski definition) is 2. The molecule has 92 valence electrons. The van der Waals surface area contributed by atoms with Crippen LogP contribution in [0.4, 0.5) is 0 Å². The van der Waals surface area contributed by atoms with Crippen LogP contribution in [0.25, 0.3) is 0 Å². The second-order valence-corrected chi connectivity index (χ2v) is 3.92. The summed E-state index contributed by atoms with van der Waals surface area (Å²) in [5.41, 5.74) is 11.3. The zero-order valence-electron chi connectivity index (χ0n) is 9.40. The van der Waals surface area contributed by atoms with Gasteiger partial charge in [0.1, 0.15) is 0 Å². The van der Waals surface area contributed by atoms with Crippen molar-refractivity contribution in [2.75, 3.05) is 0 Å². The summed E-state index contributed by atoms with van der Waals surface area (Å²) in [5.74, 6) is -2.55. The lowest BCUT2D eigenvalue weighted by Gasteiger charge is -2.32. The van der Waals surface area contributed by atoms with Crippen molar-refractivity contribution in [1.29, 1.82) is 0 Å². The van der Waals surface area contributed by atoms with Crippen LogP contribution in [0.2, 0.25) is 0 Å². The number of rotatable bonds is 1. The molecule has 0 aromatic carbocycles. The van der Waals surface area contributed by atoms with Gasteiger partial charge in [0.15, 0.2) is 6.10 Å². The molecule has 0 aromatic heterocycles. The van der Waals surface area contributed by atoms with Gasteiger partial charge in [0, 0.05) is 12.8 Å². The van der Waals surface area contributed by atoms with Crippen molar-refractivity contribution in [3.05, 3.63) is 0 Å². The highest BCUT2D eigenvalue weighted by Crippen LogP contribution is 2.16. The number of cyclic esters (lactones) is 2. The smallest absolute Gasteiger partial charge is 0.308 e. The Morgan fingerprint density at radius 3 is 2.38 bits per heavy atom. The molecule has 4 N–H and O–H groups in total. The molecule has 1 aliphatic heterocycles. The Morgan fingerprint density at radius 2 is 1.81 bits per heavy atom. The monoisotopic (exact) mass is 230 g/mol. The minimum absolute atomic E-state index is 0.222. The van der Waals surface area contributed by atoms with Gasteiger partial charge in [-0.3, -0.25) is 21.1 Å². The molecule has 0 spiro atoms. The Labute approximate surface area is 94.2 Å². The van der Waals surface area contributed by atoms with Crippen molar-refractivity contribution in [2.45, 2.75) is 51.0 Å². The molecule has 1 aliphatic rings. The van der Waals surface area contributed by atoms with Gasteiger partial charge < -0.3 is 9.47 Å². The molecule has 6 nitrogen and oxygen atoms in total. The molecule has 0 aliphatic carbocycles. The first kappa shape index (κ1) is 12.9. The third kappa shape index (κ3) is 3.46. The van der Waals surface area contributed by atoms with Crippen LogP contribution in [0.1, 0.15) is 39.0 Å². The van der Waals surface area contributed by atoms with E-state index in [-0.39, 0.29) is 18.8 Å². The quantitative estimate of drug-likeness (QED) is 0.485. The largest absolute Gasteiger partial charge is 0.455 e. The summed E-state index contributed by atoms with van der Waals surface area (Å²) in [7, 11) is 0. The Kier molecular flexibility index (Phi) is 4.26. The highest BCUT2D eigenvalue weighted by atomic mass is 16.6. The van der Waals surface area contributed by atoms with E-state index in [1.165, 1.54) is 0 Å². The Morgan fingerprint density at radius 1 is 1.25 bits per heavy atom. The fraction of sp³-hybridized carbons (Fsp3) is 0.800. The van der Waals surface area contributed by atoms with Crippen LogP contribution in [0.15, 0.2) is 0 Å². The number of nitrogens with two attached hydrogens (primary N) is 2. The maximum absolute atomic E-state index is 11.4. The first-order valence-electron chi connectivity index (χ1n) is 5.44. The molecular formula is C10H18N2O4. The zero-order valence-corrected chi connectivity index (χ0v) is 9.40. The van der Waals surface area contributed by atoms with E-state index >= 15 is 0 Å². The molecular weight excluding hydrogens is 212 g/mol. The van der Waals surface area contributed by atoms with E-state index in [0.29, 0.717) is 19.3 Å². The predicted molar refractivity (Wildman–Crippen MR) is 55.8 cm³/mol. The van der Waals surface area contributed by atoms with Crippen molar-refractivity contribution in [3.63, 3.8) is 0 Å². The van der Waals surface area contributed by atoms with Gasteiger partial charge in [0.25, 0.3) is 5.85 Å². The summed E-state index contributed by atoms with van der Waals surface area (Å²) in [6, 6.07) is 0. The standard InChI is InChI=1S/C10H18N2O4/c1-2-7-10(11,12)16-9(14)6-4-3-5-8(13)15-7/h7H,2-6,11-12H2,1H3. The van der Waals surface area contributed by atoms with Crippen molar-refractivity contribution < 1.29 is 19.1 Å². The fourth-order valence-electron chi connectivity index (χ4n) is 1.56. The van der Waals surface area contributed by atoms with Gasteiger partial charge in [0.05, 0.1) is 0 Å². The third-order valence-electron chi connectivity index (χ3n) is 2.45. The van der Waals surface area contributed by atoms with Gasteiger partial charge in [-0.1, -0.05) is 6.92 Å². The van der Waals surface area contributed by atoms with Crippen molar-refractivity contribution >= 4 is 11.9 Å². The molecule has 6 heteroatoms. The van der Waals surface area contributed by atoms with Gasteiger partial charge in [0.2, 0.25) is 0 Å². The van der Waals surface area contributed by atoms with Crippen molar-refractivity contribution in [2.24, 2.45) is 11.5 Å². The Hall–Kier alpha value is -1.14. The summed E-state index contributed by atoms with van der Waals surface area (Å²) >= 11 is 0. The molecule has 0 bridgehead atoms. The van der Waals surface area contributed by atoms with Gasteiger partial charge in [-0.05, 0) is 19.3 Å². The highest BCUT2D eigenvalue weighted by Gasteiger charge is 2.37. The number of ether oxygens (including phenoxy) is 2. The van der Waals surface area contributed by atoms with E-state index in [9.17, 15) is 9.59 Å². The van der Waals surface area contributed by atoms with Crippen LogP contribution < -0.4 is 11.5 Å². The van der Waals surface area contributed by atoms with Crippen LogP contribution in [0, 0.1) is 0 Å². The minimum atomic E-state index is -1.74. The molecule has 1 heterocycles. The lowest BCUT2D eigenvalue weighted by atomic mass is 10.1. The van der Waals surface area contributed by atoms with Crippen LogP contribution >= 0.6 is 0 Å². The summed E-state index contributed by atoms with van der Waals surface area (Å²) < 4.78 is 9.98. The van der Waals surface area contributed by atoms with E-state index in [4.69, 9.17) is 20.9 Å². The first-order valence-corrected chi connectivity index (χ1v) is 5.44. The Bertz CT molecular complexity index is 278. The Balaban J connectivity index is 2.77. The number of carbonyl (C=O) groups is 2. The second kappa shape index (κ2) is 5.27. The molecule has 1 unspecified atom stereocenters. The molecule has 1 saturated heterocycles. The van der Waals surface area contributed by atoms with Crippen LogP contribution in [-0.4, -0.2) is 23.9 Å². The minimum Gasteiger partial charge on any atom is -0.455 e. The molecule has 1 rings (SSSR count). The average Bonchev–Trinajstić information content (AvgIpc) is 2.19. The number of esters is 2. The van der Waals surface area contributed by atoms with E-state index in [1.54, 1.807) is 6.92 Å². The second-order valence-electron chi connectivity index (χ2n) is 3.92. The number of hydrogen-bond acceptors (Lipinski definition) is 6. The van der Waals surface area contributed by atoms with Gasteiger partial charge in [-0.25, -0.2) is 0 Å². The van der Waals surface area contributed by atoms with Gasteiger partial charge >= 0.3 is 11.9 Å². The topological polar surface area (TPSA) is 105 Å². The van der Waals surface area contributed by atoms with Gasteiger partial charge in [-0.2, -0.15) is 0 Å². The SMILES string of the molecule is CCC1OC(=O)CCCCC(=O)OC1(N)N. The summed E-state index contributed by atoms with van der Waals surface area (Å²) in [5, 5.41) is 0. The normalized spacial score (nSPS) is 26.8. The molecule has 0 saturated carbocycles. The molecule has 0 aromatic rings. The zero-order chi connectivity index (χ0) is 12.2. The first-order chi connectivity index (χ1) is 7.45. The predicted octanol–water partition coefficient (Wildman–Crippen LogP) is -0.00340. The summed E-state index contributed by atoms with van der Waals surface area (Å²) in [6.07, 6.45) is 1.26. The average molecular weight is 230 g/mol. The summed E-state index contributed by atoms with van der Waals surface area (Å²) in [6.45, 7) is 1.76. The third-order valence-corrected chi connectivity index (χ3v) is 2.45. The lowest BCUT2D eigenvalue weighted by molar-refractivity contribution is -0.187. The van der Waals surface area contributed by atoms with E-state index in [2.05, 4.69) is 0 Å². The van der Waals surface area contributed by atoms with E-state index in [1.807, 2.05) is 0 Å². The molecule has 1 fully saturated rings.